The van der Waals surface area contributed by atoms with E-state index < -0.39 is 0 Å². The summed E-state index contributed by atoms with van der Waals surface area (Å²) >= 11 is 0. The first kappa shape index (κ1) is 17.4. The van der Waals surface area contributed by atoms with Gasteiger partial charge in [-0.1, -0.05) is 6.07 Å². The molecule has 27 heavy (non-hydrogen) atoms. The van der Waals surface area contributed by atoms with Crippen molar-refractivity contribution in [3.63, 3.8) is 0 Å². The first-order chi connectivity index (χ1) is 13.0. The Bertz CT molecular complexity index is 998. The number of aryl methyl sites for hydroxylation is 2. The van der Waals surface area contributed by atoms with Gasteiger partial charge in [0.05, 0.1) is 11.1 Å². The van der Waals surface area contributed by atoms with Crippen LogP contribution in [-0.2, 0) is 11.8 Å². The van der Waals surface area contributed by atoms with Crippen molar-refractivity contribution in [2.75, 3.05) is 24.5 Å². The Morgan fingerprint density at radius 2 is 2.04 bits per heavy atom. The molecule has 8 nitrogen and oxygen atoms in total. The smallest absolute Gasteiger partial charge is 0.245 e. The van der Waals surface area contributed by atoms with Crippen molar-refractivity contribution >= 4 is 22.8 Å². The molecule has 0 unspecified atom stereocenters. The van der Waals surface area contributed by atoms with Gasteiger partial charge >= 0.3 is 0 Å². The van der Waals surface area contributed by atoms with Gasteiger partial charge in [0.15, 0.2) is 11.5 Å². The molecule has 1 aliphatic heterocycles. The van der Waals surface area contributed by atoms with Crippen molar-refractivity contribution in [1.29, 1.82) is 0 Å². The Labute approximate surface area is 157 Å². The number of likely N-dealkylation sites (N-methyl/N-ethyl adjacent to an activating group) is 1. The average Bonchev–Trinajstić information content (AvgIpc) is 2.98. The van der Waals surface area contributed by atoms with Crippen molar-refractivity contribution in [2.45, 2.75) is 26.8 Å². The normalized spacial score (nSPS) is 17.8. The van der Waals surface area contributed by atoms with Crippen LogP contribution >= 0.6 is 0 Å². The van der Waals surface area contributed by atoms with E-state index in [9.17, 15) is 4.79 Å². The van der Waals surface area contributed by atoms with Crippen LogP contribution in [-0.4, -0.2) is 61.2 Å². The summed E-state index contributed by atoms with van der Waals surface area (Å²) in [5, 5.41) is 5.42. The van der Waals surface area contributed by atoms with E-state index in [0.29, 0.717) is 18.1 Å². The lowest BCUT2D eigenvalue weighted by atomic mass is 10.1. The van der Waals surface area contributed by atoms with E-state index in [2.05, 4.69) is 15.0 Å². The Balaban J connectivity index is 1.90. The largest absolute Gasteiger partial charge is 0.342 e. The molecule has 140 valence electrons. The lowest BCUT2D eigenvalue weighted by Crippen LogP contribution is -2.56. The molecule has 1 saturated heterocycles. The van der Waals surface area contributed by atoms with Crippen molar-refractivity contribution in [3.05, 3.63) is 30.1 Å². The number of amides is 1. The van der Waals surface area contributed by atoms with Crippen LogP contribution in [0.3, 0.4) is 0 Å². The molecule has 4 rings (SSSR count). The first-order valence-corrected chi connectivity index (χ1v) is 9.19. The summed E-state index contributed by atoms with van der Waals surface area (Å²) < 4.78 is 1.76. The molecule has 1 atom stereocenters. The number of carbonyl (C=O) groups excluding carboxylic acids is 1. The summed E-state index contributed by atoms with van der Waals surface area (Å²) in [4.78, 5) is 30.6. The lowest BCUT2D eigenvalue weighted by Gasteiger charge is -2.39. The van der Waals surface area contributed by atoms with Crippen molar-refractivity contribution in [3.8, 4) is 11.5 Å². The molecule has 8 heteroatoms. The summed E-state index contributed by atoms with van der Waals surface area (Å²) in [7, 11) is 1.87. The van der Waals surface area contributed by atoms with Crippen LogP contribution < -0.4 is 4.90 Å². The van der Waals surface area contributed by atoms with Crippen molar-refractivity contribution in [2.24, 2.45) is 7.05 Å². The number of nitrogens with zero attached hydrogens (tertiary/aromatic N) is 7. The quantitative estimate of drug-likeness (QED) is 0.704. The molecule has 1 fully saturated rings. The first-order valence-electron chi connectivity index (χ1n) is 9.19. The zero-order chi connectivity index (χ0) is 19.1. The maximum atomic E-state index is 12.7. The Hall–Kier alpha value is -3.03. The van der Waals surface area contributed by atoms with Crippen LogP contribution in [0.15, 0.2) is 24.4 Å². The van der Waals surface area contributed by atoms with E-state index in [-0.39, 0.29) is 11.9 Å². The number of hydrogen-bond acceptors (Lipinski definition) is 6. The molecule has 1 aliphatic rings. The maximum Gasteiger partial charge on any atom is 0.245 e. The summed E-state index contributed by atoms with van der Waals surface area (Å²) in [5.74, 6) is 1.41. The molecule has 1 amide bonds. The number of aromatic nitrogens is 5. The summed E-state index contributed by atoms with van der Waals surface area (Å²) in [5.41, 5.74) is 2.30. The number of pyridine rings is 1. The van der Waals surface area contributed by atoms with Gasteiger partial charge in [-0.25, -0.2) is 9.97 Å². The summed E-state index contributed by atoms with van der Waals surface area (Å²) in [6.45, 7) is 8.02. The second kappa shape index (κ2) is 6.61. The Kier molecular flexibility index (Phi) is 4.25. The van der Waals surface area contributed by atoms with E-state index in [0.717, 1.165) is 35.6 Å². The third-order valence-corrected chi connectivity index (χ3v) is 5.13. The van der Waals surface area contributed by atoms with Crippen LogP contribution in [0, 0.1) is 6.92 Å². The zero-order valence-electron chi connectivity index (χ0n) is 16.0. The number of piperazine rings is 1. The fourth-order valence-electron chi connectivity index (χ4n) is 3.67. The third-order valence-electron chi connectivity index (χ3n) is 5.13. The minimum atomic E-state index is -0.284. The number of fused-ring (bicyclic) bond motifs is 1. The minimum absolute atomic E-state index is 0.122. The average molecular weight is 365 g/mol. The van der Waals surface area contributed by atoms with Crippen molar-refractivity contribution in [1.82, 2.24) is 29.6 Å². The van der Waals surface area contributed by atoms with Gasteiger partial charge in [-0.2, -0.15) is 5.10 Å². The topological polar surface area (TPSA) is 80.0 Å². The molecule has 0 N–H and O–H groups in total. The van der Waals surface area contributed by atoms with Gasteiger partial charge in [0.25, 0.3) is 0 Å². The van der Waals surface area contributed by atoms with Crippen LogP contribution in [0.4, 0.5) is 5.82 Å². The lowest BCUT2D eigenvalue weighted by molar-refractivity contribution is -0.133. The fraction of sp³-hybridized carbons (Fsp3) is 0.421. The van der Waals surface area contributed by atoms with E-state index in [1.807, 2.05) is 50.9 Å². The highest BCUT2D eigenvalue weighted by molar-refractivity contribution is 5.94. The van der Waals surface area contributed by atoms with Gasteiger partial charge in [-0.3, -0.25) is 14.5 Å². The molecule has 0 spiro atoms. The third kappa shape index (κ3) is 2.81. The molecule has 0 saturated carbocycles. The van der Waals surface area contributed by atoms with E-state index in [1.165, 1.54) is 0 Å². The predicted molar refractivity (Wildman–Crippen MR) is 103 cm³/mol. The van der Waals surface area contributed by atoms with Gasteiger partial charge in [-0.15, -0.1) is 0 Å². The molecule has 3 aromatic heterocycles. The number of rotatable bonds is 3. The van der Waals surface area contributed by atoms with E-state index in [4.69, 9.17) is 9.97 Å². The predicted octanol–water partition coefficient (Wildman–Crippen LogP) is 1.79. The second-order valence-corrected chi connectivity index (χ2v) is 6.78. The summed E-state index contributed by atoms with van der Waals surface area (Å²) in [6, 6.07) is 5.38. The molecule has 0 radical (unpaired) electrons. The molecular weight excluding hydrogens is 342 g/mol. The number of hydrogen-bond donors (Lipinski definition) is 0. The van der Waals surface area contributed by atoms with Gasteiger partial charge in [0.1, 0.15) is 17.6 Å². The monoisotopic (exact) mass is 365 g/mol. The molecule has 0 bridgehead atoms. The second-order valence-electron chi connectivity index (χ2n) is 6.78. The molecular formula is C19H23N7O. The number of carbonyl (C=O) groups is 1. The van der Waals surface area contributed by atoms with Crippen LogP contribution in [0.5, 0.6) is 0 Å². The standard InChI is InChI=1S/C19H23N7O/c1-5-25-10-11-26(13(3)19(25)27)18-15-12(2)23-24(4)17(15)21-16(22-18)14-8-6-7-9-20-14/h6-9,13H,5,10-11H2,1-4H3/t13-/m1/s1. The number of anilines is 1. The molecule has 4 heterocycles. The van der Waals surface area contributed by atoms with E-state index >= 15 is 0 Å². The molecule has 3 aromatic rings. The van der Waals surface area contributed by atoms with Crippen LogP contribution in [0.25, 0.3) is 22.6 Å². The Morgan fingerprint density at radius 1 is 1.22 bits per heavy atom. The molecule has 0 aliphatic carbocycles. The fourth-order valence-corrected chi connectivity index (χ4v) is 3.67. The van der Waals surface area contributed by atoms with Crippen molar-refractivity contribution < 1.29 is 4.79 Å². The minimum Gasteiger partial charge on any atom is -0.342 e. The van der Waals surface area contributed by atoms with Gasteiger partial charge in [0, 0.05) is 32.9 Å². The van der Waals surface area contributed by atoms with E-state index in [1.54, 1.807) is 10.9 Å². The SMILES string of the molecule is CCN1CCN(c2nc(-c3ccccn3)nc3c2c(C)nn3C)[C@H](C)C1=O. The Morgan fingerprint density at radius 3 is 2.74 bits per heavy atom. The van der Waals surface area contributed by atoms with Gasteiger partial charge in [0.2, 0.25) is 5.91 Å². The zero-order valence-corrected chi connectivity index (χ0v) is 16.0. The van der Waals surface area contributed by atoms with Gasteiger partial charge in [-0.05, 0) is 32.9 Å². The van der Waals surface area contributed by atoms with Gasteiger partial charge < -0.3 is 9.80 Å². The van der Waals surface area contributed by atoms with Crippen LogP contribution in [0.2, 0.25) is 0 Å². The summed E-state index contributed by atoms with van der Waals surface area (Å²) in [6.07, 6.45) is 1.73. The molecule has 0 aromatic carbocycles. The highest BCUT2D eigenvalue weighted by Gasteiger charge is 2.33. The van der Waals surface area contributed by atoms with Crippen LogP contribution in [0.1, 0.15) is 19.5 Å². The highest BCUT2D eigenvalue weighted by atomic mass is 16.2. The highest BCUT2D eigenvalue weighted by Crippen LogP contribution is 2.31. The maximum absolute atomic E-state index is 12.7.